The molecule has 0 spiro atoms. The second-order valence-electron chi connectivity index (χ2n) is 6.42. The van der Waals surface area contributed by atoms with Gasteiger partial charge in [0.15, 0.2) is 11.5 Å². The molecule has 1 aliphatic rings. The van der Waals surface area contributed by atoms with Crippen LogP contribution in [0.3, 0.4) is 0 Å². The van der Waals surface area contributed by atoms with E-state index in [1.807, 2.05) is 19.1 Å². The smallest absolute Gasteiger partial charge is 0.294 e. The summed E-state index contributed by atoms with van der Waals surface area (Å²) in [4.78, 5) is 38.2. The average Bonchev–Trinajstić information content (AvgIpc) is 2.98. The summed E-state index contributed by atoms with van der Waals surface area (Å²) >= 11 is 6.69. The first-order chi connectivity index (χ1) is 14.3. The fourth-order valence-electron chi connectivity index (χ4n) is 2.79. The number of anilines is 1. The number of methoxy groups -OCH3 is 1. The van der Waals surface area contributed by atoms with E-state index in [-0.39, 0.29) is 21.4 Å². The van der Waals surface area contributed by atoms with Crippen molar-refractivity contribution >= 4 is 52.2 Å². The topological polar surface area (TPSA) is 95.9 Å². The van der Waals surface area contributed by atoms with E-state index in [0.717, 1.165) is 28.6 Å². The fraction of sp³-hybridized carbons (Fsp3) is 0.190. The van der Waals surface area contributed by atoms with Crippen molar-refractivity contribution in [3.63, 3.8) is 0 Å². The summed E-state index contributed by atoms with van der Waals surface area (Å²) < 4.78 is 5.04. The Hall–Kier alpha value is -2.97. The zero-order valence-electron chi connectivity index (χ0n) is 16.3. The van der Waals surface area contributed by atoms with Crippen molar-refractivity contribution in [3.8, 4) is 11.5 Å². The molecule has 2 aromatic carbocycles. The summed E-state index contributed by atoms with van der Waals surface area (Å²) in [6, 6.07) is 10.3. The summed E-state index contributed by atoms with van der Waals surface area (Å²) in [6.07, 6.45) is 2.34. The van der Waals surface area contributed by atoms with Crippen LogP contribution in [-0.4, -0.2) is 40.7 Å². The van der Waals surface area contributed by atoms with Crippen LogP contribution in [0, 0.1) is 0 Å². The number of carbonyl (C=O) groups excluding carboxylic acids is 3. The van der Waals surface area contributed by atoms with Gasteiger partial charge in [-0.1, -0.05) is 30.7 Å². The number of amides is 3. The number of hydrogen-bond donors (Lipinski definition) is 2. The first-order valence-electron chi connectivity index (χ1n) is 9.03. The first kappa shape index (κ1) is 21.7. The molecular formula is C21H19ClN2O5S. The van der Waals surface area contributed by atoms with Crippen LogP contribution in [0.4, 0.5) is 10.5 Å². The molecule has 0 aromatic heterocycles. The van der Waals surface area contributed by atoms with Gasteiger partial charge in [-0.15, -0.1) is 0 Å². The van der Waals surface area contributed by atoms with E-state index in [4.69, 9.17) is 16.3 Å². The van der Waals surface area contributed by atoms with E-state index in [1.54, 1.807) is 12.1 Å². The third-order valence-corrected chi connectivity index (χ3v) is 5.59. The minimum Gasteiger partial charge on any atom is -0.503 e. The number of aryl methyl sites for hydroxylation is 1. The molecule has 3 amide bonds. The van der Waals surface area contributed by atoms with Gasteiger partial charge in [0.2, 0.25) is 5.91 Å². The standard InChI is InChI=1S/C21H19ClN2O5S/c1-3-12-4-6-14(7-5-12)23-18(25)11-24-20(27)17(30-21(24)28)10-13-8-15(22)19(26)16(9-13)29-2/h4-10,26H,3,11H2,1-2H3,(H,23,25)/b17-10-. The SMILES string of the molecule is CCc1ccc(NC(=O)CN2C(=O)S/C(=C\c3cc(Cl)c(O)c(OC)c3)C2=O)cc1. The molecule has 0 bridgehead atoms. The normalized spacial score (nSPS) is 15.0. The number of imide groups is 1. The molecule has 0 atom stereocenters. The van der Waals surface area contributed by atoms with E-state index >= 15 is 0 Å². The fourth-order valence-corrected chi connectivity index (χ4v) is 3.85. The number of phenols is 1. The van der Waals surface area contributed by atoms with Gasteiger partial charge < -0.3 is 15.2 Å². The van der Waals surface area contributed by atoms with Crippen molar-refractivity contribution in [2.24, 2.45) is 0 Å². The molecule has 0 radical (unpaired) electrons. The Morgan fingerprint density at radius 1 is 1.27 bits per heavy atom. The van der Waals surface area contributed by atoms with Crippen LogP contribution in [0.2, 0.25) is 5.02 Å². The van der Waals surface area contributed by atoms with Crippen LogP contribution in [0.1, 0.15) is 18.1 Å². The molecule has 3 rings (SSSR count). The Morgan fingerprint density at radius 2 is 1.97 bits per heavy atom. The maximum absolute atomic E-state index is 12.6. The number of thioether (sulfide) groups is 1. The minimum absolute atomic E-state index is 0.0493. The molecule has 2 aromatic rings. The number of aromatic hydroxyl groups is 1. The summed E-state index contributed by atoms with van der Waals surface area (Å²) in [5.74, 6) is -1.13. The van der Waals surface area contributed by atoms with Gasteiger partial charge in [0.25, 0.3) is 11.1 Å². The highest BCUT2D eigenvalue weighted by atomic mass is 35.5. The summed E-state index contributed by atoms with van der Waals surface area (Å²) in [5, 5.41) is 12.0. The van der Waals surface area contributed by atoms with Crippen LogP contribution in [0.15, 0.2) is 41.3 Å². The summed E-state index contributed by atoms with van der Waals surface area (Å²) in [7, 11) is 1.37. The highest BCUT2D eigenvalue weighted by molar-refractivity contribution is 8.18. The van der Waals surface area contributed by atoms with Crippen molar-refractivity contribution in [2.75, 3.05) is 19.0 Å². The second kappa shape index (κ2) is 9.23. The highest BCUT2D eigenvalue weighted by Gasteiger charge is 2.36. The largest absolute Gasteiger partial charge is 0.503 e. The summed E-state index contributed by atoms with van der Waals surface area (Å²) in [5.41, 5.74) is 2.20. The van der Waals surface area contributed by atoms with Gasteiger partial charge in [0.1, 0.15) is 6.54 Å². The van der Waals surface area contributed by atoms with Crippen molar-refractivity contribution < 1.29 is 24.2 Å². The number of halogens is 1. The van der Waals surface area contributed by atoms with E-state index in [1.165, 1.54) is 25.3 Å². The van der Waals surface area contributed by atoms with Gasteiger partial charge in [-0.25, -0.2) is 0 Å². The van der Waals surface area contributed by atoms with Crippen LogP contribution in [0.25, 0.3) is 6.08 Å². The lowest BCUT2D eigenvalue weighted by Gasteiger charge is -2.12. The zero-order valence-corrected chi connectivity index (χ0v) is 17.8. The number of carbonyl (C=O) groups is 3. The molecule has 30 heavy (non-hydrogen) atoms. The lowest BCUT2D eigenvalue weighted by atomic mass is 10.1. The number of rotatable bonds is 6. The quantitative estimate of drug-likeness (QED) is 0.642. The lowest BCUT2D eigenvalue weighted by molar-refractivity contribution is -0.127. The van der Waals surface area contributed by atoms with E-state index < -0.39 is 23.6 Å². The van der Waals surface area contributed by atoms with Crippen molar-refractivity contribution in [1.29, 1.82) is 0 Å². The number of hydrogen-bond acceptors (Lipinski definition) is 6. The van der Waals surface area contributed by atoms with Gasteiger partial charge in [0, 0.05) is 5.69 Å². The van der Waals surface area contributed by atoms with Crippen molar-refractivity contribution in [3.05, 3.63) is 57.5 Å². The molecule has 0 saturated carbocycles. The molecule has 1 aliphatic heterocycles. The van der Waals surface area contributed by atoms with Crippen molar-refractivity contribution in [2.45, 2.75) is 13.3 Å². The maximum atomic E-state index is 12.6. The molecule has 1 fully saturated rings. The number of nitrogens with zero attached hydrogens (tertiary/aromatic N) is 1. The Bertz CT molecular complexity index is 1040. The van der Waals surface area contributed by atoms with Crippen molar-refractivity contribution in [1.82, 2.24) is 4.90 Å². The van der Waals surface area contributed by atoms with E-state index in [2.05, 4.69) is 5.32 Å². The van der Waals surface area contributed by atoms with Gasteiger partial charge in [-0.2, -0.15) is 0 Å². The van der Waals surface area contributed by atoms with E-state index in [9.17, 15) is 19.5 Å². The minimum atomic E-state index is -0.579. The Kier molecular flexibility index (Phi) is 6.69. The van der Waals surface area contributed by atoms with Gasteiger partial charge >= 0.3 is 0 Å². The second-order valence-corrected chi connectivity index (χ2v) is 7.82. The molecule has 2 N–H and O–H groups in total. The van der Waals surface area contributed by atoms with Gasteiger partial charge in [-0.05, 0) is 59.7 Å². The first-order valence-corrected chi connectivity index (χ1v) is 10.2. The van der Waals surface area contributed by atoms with E-state index in [0.29, 0.717) is 11.3 Å². The number of ether oxygens (including phenoxy) is 1. The predicted octanol–water partition coefficient (Wildman–Crippen LogP) is 4.29. The Morgan fingerprint density at radius 3 is 2.60 bits per heavy atom. The van der Waals surface area contributed by atoms with Crippen LogP contribution < -0.4 is 10.1 Å². The van der Waals surface area contributed by atoms with Crippen LogP contribution >= 0.6 is 23.4 Å². The zero-order chi connectivity index (χ0) is 21.8. The molecule has 7 nitrogen and oxygen atoms in total. The van der Waals surface area contributed by atoms with Gasteiger partial charge in [0.05, 0.1) is 17.0 Å². The number of phenolic OH excluding ortho intramolecular Hbond substituents is 1. The molecule has 0 unspecified atom stereocenters. The maximum Gasteiger partial charge on any atom is 0.294 e. The summed E-state index contributed by atoms with van der Waals surface area (Å²) in [6.45, 7) is 1.64. The Balaban J connectivity index is 1.72. The Labute approximate surface area is 182 Å². The molecule has 1 heterocycles. The van der Waals surface area contributed by atoms with Gasteiger partial charge in [-0.3, -0.25) is 19.3 Å². The monoisotopic (exact) mass is 446 g/mol. The highest BCUT2D eigenvalue weighted by Crippen LogP contribution is 2.37. The number of nitrogens with one attached hydrogen (secondary N) is 1. The third-order valence-electron chi connectivity index (χ3n) is 4.39. The van der Waals surface area contributed by atoms with Crippen LogP contribution in [-0.2, 0) is 16.0 Å². The predicted molar refractivity (Wildman–Crippen MR) is 117 cm³/mol. The number of benzene rings is 2. The molecule has 0 aliphatic carbocycles. The molecule has 156 valence electrons. The molecular weight excluding hydrogens is 428 g/mol. The molecule has 9 heteroatoms. The molecule has 1 saturated heterocycles. The van der Waals surface area contributed by atoms with Crippen LogP contribution in [0.5, 0.6) is 11.5 Å². The third kappa shape index (κ3) is 4.77. The average molecular weight is 447 g/mol. The lowest BCUT2D eigenvalue weighted by Crippen LogP contribution is -2.36.